The van der Waals surface area contributed by atoms with E-state index in [1.54, 1.807) is 0 Å². The molecule has 0 bridgehead atoms. The largest absolute Gasteiger partial charge is 0.381 e. The molecule has 1 N–H and O–H groups in total. The van der Waals surface area contributed by atoms with Crippen molar-refractivity contribution in [1.82, 2.24) is 0 Å². The molecule has 1 atom stereocenters. The fourth-order valence-electron chi connectivity index (χ4n) is 3.13. The van der Waals surface area contributed by atoms with Crippen molar-refractivity contribution in [3.8, 4) is 0 Å². The summed E-state index contributed by atoms with van der Waals surface area (Å²) in [5.74, 6) is -1.16. The van der Waals surface area contributed by atoms with Gasteiger partial charge >= 0.3 is 0 Å². The van der Waals surface area contributed by atoms with Gasteiger partial charge in [0.1, 0.15) is 11.6 Å². The Hall–Kier alpha value is -0.720. The minimum absolute atomic E-state index is 0.119. The Morgan fingerprint density at radius 3 is 2.67 bits per heavy atom. The van der Waals surface area contributed by atoms with E-state index < -0.39 is 11.6 Å². The molecule has 2 fully saturated rings. The molecule has 1 aromatic carbocycles. The summed E-state index contributed by atoms with van der Waals surface area (Å²) in [4.78, 5) is 0. The van der Waals surface area contributed by atoms with Crippen LogP contribution in [0.5, 0.6) is 0 Å². The topological polar surface area (TPSA) is 30.5 Å². The third-order valence-electron chi connectivity index (χ3n) is 4.25. The lowest BCUT2D eigenvalue weighted by atomic mass is 9.84. The van der Waals surface area contributed by atoms with Crippen LogP contribution in [-0.4, -0.2) is 31.5 Å². The summed E-state index contributed by atoms with van der Waals surface area (Å²) in [5.41, 5.74) is 0.169. The van der Waals surface area contributed by atoms with E-state index >= 15 is 0 Å². The third kappa shape index (κ3) is 3.38. The maximum atomic E-state index is 13.9. The van der Waals surface area contributed by atoms with Gasteiger partial charge in [0.2, 0.25) is 0 Å². The standard InChI is InChI=1S/C15H18BrF2NO2/c16-12-7-10(17)8-13(18)14(12)19-11-1-4-21-15(9-11)2-5-20-6-3-15/h7-8,11,19H,1-6,9H2. The molecular weight excluding hydrogens is 344 g/mol. The second-order valence-corrected chi connectivity index (χ2v) is 6.58. The predicted molar refractivity (Wildman–Crippen MR) is 79.4 cm³/mol. The summed E-state index contributed by atoms with van der Waals surface area (Å²) in [6, 6.07) is 2.29. The van der Waals surface area contributed by atoms with Crippen LogP contribution in [0.4, 0.5) is 14.5 Å². The lowest BCUT2D eigenvalue weighted by Crippen LogP contribution is -2.47. The summed E-state index contributed by atoms with van der Waals surface area (Å²) in [6.07, 6.45) is 3.38. The zero-order valence-electron chi connectivity index (χ0n) is 11.6. The van der Waals surface area contributed by atoms with E-state index in [4.69, 9.17) is 9.47 Å². The Kier molecular flexibility index (Phi) is 4.47. The zero-order chi connectivity index (χ0) is 14.9. The number of halogens is 3. The van der Waals surface area contributed by atoms with E-state index in [9.17, 15) is 8.78 Å². The molecule has 0 radical (unpaired) electrons. The molecule has 2 aliphatic rings. The molecule has 1 spiro atoms. The average molecular weight is 362 g/mol. The van der Waals surface area contributed by atoms with Gasteiger partial charge in [-0.15, -0.1) is 0 Å². The van der Waals surface area contributed by atoms with Crippen LogP contribution in [0.1, 0.15) is 25.7 Å². The van der Waals surface area contributed by atoms with Gasteiger partial charge in [-0.2, -0.15) is 0 Å². The molecule has 1 unspecified atom stereocenters. The highest BCUT2D eigenvalue weighted by Crippen LogP contribution is 2.36. The summed E-state index contributed by atoms with van der Waals surface area (Å²) < 4.78 is 38.8. The summed E-state index contributed by atoms with van der Waals surface area (Å²) >= 11 is 3.22. The van der Waals surface area contributed by atoms with E-state index in [1.807, 2.05) is 0 Å². The lowest BCUT2D eigenvalue weighted by Gasteiger charge is -2.43. The Balaban J connectivity index is 1.73. The number of hydrogen-bond acceptors (Lipinski definition) is 3. The van der Waals surface area contributed by atoms with Crippen LogP contribution in [0.3, 0.4) is 0 Å². The summed E-state index contributed by atoms with van der Waals surface area (Å²) in [7, 11) is 0. The number of ether oxygens (including phenoxy) is 2. The summed E-state index contributed by atoms with van der Waals surface area (Å²) in [5, 5.41) is 3.21. The molecule has 6 heteroatoms. The molecule has 2 aliphatic heterocycles. The molecule has 3 rings (SSSR count). The second-order valence-electron chi connectivity index (χ2n) is 5.72. The van der Waals surface area contributed by atoms with Crippen LogP contribution >= 0.6 is 15.9 Å². The Morgan fingerprint density at radius 2 is 1.95 bits per heavy atom. The second kappa shape index (κ2) is 6.18. The molecule has 116 valence electrons. The first kappa shape index (κ1) is 15.2. The van der Waals surface area contributed by atoms with Gasteiger partial charge in [0.05, 0.1) is 11.3 Å². The highest BCUT2D eigenvalue weighted by Gasteiger charge is 2.39. The fourth-order valence-corrected chi connectivity index (χ4v) is 3.65. The van der Waals surface area contributed by atoms with Crippen molar-refractivity contribution in [3.63, 3.8) is 0 Å². The molecule has 0 aromatic heterocycles. The Morgan fingerprint density at radius 1 is 1.19 bits per heavy atom. The number of rotatable bonds is 2. The van der Waals surface area contributed by atoms with Crippen LogP contribution in [-0.2, 0) is 9.47 Å². The van der Waals surface area contributed by atoms with Gasteiger partial charge < -0.3 is 14.8 Å². The van der Waals surface area contributed by atoms with E-state index in [0.717, 1.165) is 31.7 Å². The van der Waals surface area contributed by atoms with Crippen molar-refractivity contribution in [2.75, 3.05) is 25.1 Å². The molecule has 0 aliphatic carbocycles. The van der Waals surface area contributed by atoms with E-state index in [1.165, 1.54) is 6.07 Å². The minimum Gasteiger partial charge on any atom is -0.381 e. The number of benzene rings is 1. The smallest absolute Gasteiger partial charge is 0.150 e. The predicted octanol–water partition coefficient (Wildman–Crippen LogP) is 3.87. The number of anilines is 1. The number of hydrogen-bond donors (Lipinski definition) is 1. The first-order chi connectivity index (χ1) is 10.1. The maximum absolute atomic E-state index is 13.9. The average Bonchev–Trinajstić information content (AvgIpc) is 2.44. The van der Waals surface area contributed by atoms with Crippen LogP contribution in [0.25, 0.3) is 0 Å². The van der Waals surface area contributed by atoms with E-state index in [2.05, 4.69) is 21.2 Å². The van der Waals surface area contributed by atoms with Gasteiger partial charge in [-0.25, -0.2) is 8.78 Å². The normalized spacial score (nSPS) is 25.0. The van der Waals surface area contributed by atoms with Gasteiger partial charge in [-0.05, 0) is 47.7 Å². The van der Waals surface area contributed by atoms with Gasteiger partial charge in [-0.3, -0.25) is 0 Å². The van der Waals surface area contributed by atoms with Crippen LogP contribution in [0.15, 0.2) is 16.6 Å². The first-order valence-electron chi connectivity index (χ1n) is 7.21. The van der Waals surface area contributed by atoms with Crippen LogP contribution < -0.4 is 5.32 Å². The first-order valence-corrected chi connectivity index (χ1v) is 8.00. The van der Waals surface area contributed by atoms with Crippen LogP contribution in [0, 0.1) is 11.6 Å². The van der Waals surface area contributed by atoms with Crippen molar-refractivity contribution in [1.29, 1.82) is 0 Å². The molecule has 0 amide bonds. The van der Waals surface area contributed by atoms with Crippen molar-refractivity contribution in [3.05, 3.63) is 28.2 Å². The van der Waals surface area contributed by atoms with Crippen LogP contribution in [0.2, 0.25) is 0 Å². The van der Waals surface area contributed by atoms with Gasteiger partial charge in [0.25, 0.3) is 0 Å². The molecule has 3 nitrogen and oxygen atoms in total. The molecule has 1 aromatic rings. The minimum atomic E-state index is -0.585. The zero-order valence-corrected chi connectivity index (χ0v) is 13.2. The van der Waals surface area contributed by atoms with Gasteiger partial charge in [0.15, 0.2) is 0 Å². The molecule has 21 heavy (non-hydrogen) atoms. The summed E-state index contributed by atoms with van der Waals surface area (Å²) in [6.45, 7) is 2.07. The molecular formula is C15H18BrF2NO2. The SMILES string of the molecule is Fc1cc(F)c(NC2CCOC3(CCOCC3)C2)c(Br)c1. The van der Waals surface area contributed by atoms with Crippen molar-refractivity contribution in [2.24, 2.45) is 0 Å². The molecule has 2 saturated heterocycles. The Labute approximate surface area is 131 Å². The van der Waals surface area contributed by atoms with E-state index in [-0.39, 0.29) is 11.6 Å². The van der Waals surface area contributed by atoms with Gasteiger partial charge in [-0.1, -0.05) is 0 Å². The quantitative estimate of drug-likeness (QED) is 0.867. The number of nitrogens with one attached hydrogen (secondary N) is 1. The molecule has 0 saturated carbocycles. The molecule has 2 heterocycles. The van der Waals surface area contributed by atoms with Crippen molar-refractivity contribution < 1.29 is 18.3 Å². The Bertz CT molecular complexity index is 492. The maximum Gasteiger partial charge on any atom is 0.150 e. The van der Waals surface area contributed by atoms with E-state index in [0.29, 0.717) is 30.0 Å². The van der Waals surface area contributed by atoms with Gasteiger partial charge in [0, 0.05) is 36.4 Å². The monoisotopic (exact) mass is 361 g/mol. The fraction of sp³-hybridized carbons (Fsp3) is 0.600. The highest BCUT2D eigenvalue weighted by atomic mass is 79.9. The highest BCUT2D eigenvalue weighted by molar-refractivity contribution is 9.10. The van der Waals surface area contributed by atoms with Crippen molar-refractivity contribution >= 4 is 21.6 Å². The van der Waals surface area contributed by atoms with Crippen molar-refractivity contribution in [2.45, 2.75) is 37.3 Å². The lowest BCUT2D eigenvalue weighted by molar-refractivity contribution is -0.135. The third-order valence-corrected chi connectivity index (χ3v) is 4.88.